The standard InChI is InChI=1S/C25H35NO5/c1-5-6-7-10-26-24(27)29-14-25-13-28-23(22(18(25)4)16(2)11-17(25)3)19-8-9-20-21(12-19)31-15-30-20/h8-9,11-12,17-18,22-23H,5-7,10,13-15H2,1-4H3,(H,26,27)/t17-,18+,22+,23-,25-/m0/s1. The van der Waals surface area contributed by atoms with Crippen molar-refractivity contribution in [3.8, 4) is 11.5 Å². The summed E-state index contributed by atoms with van der Waals surface area (Å²) in [6.45, 7) is 10.7. The minimum atomic E-state index is -0.328. The van der Waals surface area contributed by atoms with Crippen LogP contribution in [-0.4, -0.2) is 32.6 Å². The first kappa shape index (κ1) is 22.0. The average Bonchev–Trinajstić information content (AvgIpc) is 3.22. The van der Waals surface area contributed by atoms with Crippen LogP contribution < -0.4 is 14.8 Å². The molecule has 1 saturated heterocycles. The van der Waals surface area contributed by atoms with Crippen LogP contribution >= 0.6 is 0 Å². The summed E-state index contributed by atoms with van der Waals surface area (Å²) < 4.78 is 23.3. The molecule has 0 aromatic heterocycles. The van der Waals surface area contributed by atoms with Gasteiger partial charge in [-0.2, -0.15) is 0 Å². The number of ether oxygens (including phenoxy) is 4. The van der Waals surface area contributed by atoms with Gasteiger partial charge in [0.25, 0.3) is 0 Å². The third kappa shape index (κ3) is 4.14. The van der Waals surface area contributed by atoms with Gasteiger partial charge in [0, 0.05) is 17.9 Å². The molecule has 31 heavy (non-hydrogen) atoms. The third-order valence-corrected chi connectivity index (χ3v) is 7.50. The fraction of sp³-hybridized carbons (Fsp3) is 0.640. The predicted molar refractivity (Wildman–Crippen MR) is 118 cm³/mol. The molecule has 0 spiro atoms. The number of carbonyl (C=O) groups excluding carboxylic acids is 1. The zero-order valence-corrected chi connectivity index (χ0v) is 19.1. The summed E-state index contributed by atoms with van der Waals surface area (Å²) in [7, 11) is 0. The van der Waals surface area contributed by atoms with Gasteiger partial charge in [-0.25, -0.2) is 4.79 Å². The Morgan fingerprint density at radius 3 is 2.84 bits per heavy atom. The van der Waals surface area contributed by atoms with Gasteiger partial charge in [-0.15, -0.1) is 0 Å². The fourth-order valence-electron chi connectivity index (χ4n) is 5.47. The highest BCUT2D eigenvalue weighted by molar-refractivity contribution is 5.67. The number of carbonyl (C=O) groups is 1. The minimum Gasteiger partial charge on any atom is -0.454 e. The molecule has 0 unspecified atom stereocenters. The second-order valence-corrected chi connectivity index (χ2v) is 9.30. The van der Waals surface area contributed by atoms with Gasteiger partial charge in [-0.05, 0) is 42.9 Å². The first-order valence-electron chi connectivity index (χ1n) is 11.6. The van der Waals surface area contributed by atoms with Gasteiger partial charge in [0.2, 0.25) is 6.79 Å². The van der Waals surface area contributed by atoms with E-state index in [1.807, 2.05) is 12.1 Å². The normalized spacial score (nSPS) is 31.2. The number of hydrogen-bond donors (Lipinski definition) is 1. The van der Waals surface area contributed by atoms with E-state index in [9.17, 15) is 4.79 Å². The Balaban J connectivity index is 1.48. The lowest BCUT2D eigenvalue weighted by molar-refractivity contribution is -0.165. The molecule has 1 amide bonds. The molecule has 3 aliphatic rings. The van der Waals surface area contributed by atoms with Gasteiger partial charge >= 0.3 is 6.09 Å². The van der Waals surface area contributed by atoms with Crippen LogP contribution in [0.1, 0.15) is 58.6 Å². The second kappa shape index (κ2) is 9.11. The topological polar surface area (TPSA) is 66.0 Å². The monoisotopic (exact) mass is 429 g/mol. The Bertz CT molecular complexity index is 837. The van der Waals surface area contributed by atoms with E-state index >= 15 is 0 Å². The lowest BCUT2D eigenvalue weighted by atomic mass is 9.56. The molecule has 2 bridgehead atoms. The van der Waals surface area contributed by atoms with Crippen molar-refractivity contribution in [3.05, 3.63) is 35.4 Å². The molecular weight excluding hydrogens is 394 g/mol. The van der Waals surface area contributed by atoms with Crippen molar-refractivity contribution in [3.63, 3.8) is 0 Å². The van der Waals surface area contributed by atoms with E-state index in [0.717, 1.165) is 36.3 Å². The number of unbranched alkanes of at least 4 members (excludes halogenated alkanes) is 2. The van der Waals surface area contributed by atoms with E-state index in [2.05, 4.69) is 45.2 Å². The molecule has 6 nitrogen and oxygen atoms in total. The Kier molecular flexibility index (Phi) is 6.47. The summed E-state index contributed by atoms with van der Waals surface area (Å²) in [5, 5.41) is 2.88. The largest absolute Gasteiger partial charge is 0.454 e. The second-order valence-electron chi connectivity index (χ2n) is 9.30. The molecule has 1 fully saturated rings. The first-order valence-corrected chi connectivity index (χ1v) is 11.6. The highest BCUT2D eigenvalue weighted by Gasteiger charge is 2.54. The molecular formula is C25H35NO5. The average molecular weight is 430 g/mol. The number of amides is 1. The van der Waals surface area contributed by atoms with Crippen LogP contribution in [-0.2, 0) is 9.47 Å². The van der Waals surface area contributed by atoms with Crippen LogP contribution in [0.5, 0.6) is 11.5 Å². The van der Waals surface area contributed by atoms with Crippen molar-refractivity contribution in [2.45, 2.75) is 53.1 Å². The van der Waals surface area contributed by atoms with Gasteiger partial charge in [0.15, 0.2) is 11.5 Å². The van der Waals surface area contributed by atoms with Gasteiger partial charge in [-0.1, -0.05) is 51.3 Å². The highest BCUT2D eigenvalue weighted by Crippen LogP contribution is 2.56. The number of nitrogens with one attached hydrogen (secondary N) is 1. The molecule has 2 aliphatic heterocycles. The molecule has 0 saturated carbocycles. The van der Waals surface area contributed by atoms with Gasteiger partial charge in [0.05, 0.1) is 12.7 Å². The quantitative estimate of drug-likeness (QED) is 0.474. The smallest absolute Gasteiger partial charge is 0.407 e. The van der Waals surface area contributed by atoms with Gasteiger partial charge in [0.1, 0.15) is 6.61 Å². The van der Waals surface area contributed by atoms with Crippen molar-refractivity contribution < 1.29 is 23.7 Å². The van der Waals surface area contributed by atoms with E-state index in [-0.39, 0.29) is 36.2 Å². The van der Waals surface area contributed by atoms with Crippen molar-refractivity contribution in [1.29, 1.82) is 0 Å². The molecule has 4 rings (SSSR count). The predicted octanol–water partition coefficient (Wildman–Crippen LogP) is 5.24. The van der Waals surface area contributed by atoms with E-state index < -0.39 is 0 Å². The minimum absolute atomic E-state index is 0.0516. The molecule has 1 aliphatic carbocycles. The number of allylic oxidation sites excluding steroid dienone is 1. The van der Waals surface area contributed by atoms with Gasteiger partial charge in [-0.3, -0.25) is 0 Å². The maximum atomic E-state index is 12.3. The lowest BCUT2D eigenvalue weighted by Gasteiger charge is -2.55. The van der Waals surface area contributed by atoms with Crippen LogP contribution in [0, 0.1) is 23.2 Å². The highest BCUT2D eigenvalue weighted by atomic mass is 16.7. The van der Waals surface area contributed by atoms with Crippen LogP contribution in [0.2, 0.25) is 0 Å². The summed E-state index contributed by atoms with van der Waals surface area (Å²) >= 11 is 0. The third-order valence-electron chi connectivity index (χ3n) is 7.50. The van der Waals surface area contributed by atoms with Crippen LogP contribution in [0.15, 0.2) is 29.8 Å². The van der Waals surface area contributed by atoms with Crippen LogP contribution in [0.25, 0.3) is 0 Å². The van der Waals surface area contributed by atoms with Crippen LogP contribution in [0.3, 0.4) is 0 Å². The fourth-order valence-corrected chi connectivity index (χ4v) is 5.47. The van der Waals surface area contributed by atoms with E-state index in [1.54, 1.807) is 0 Å². The first-order chi connectivity index (χ1) is 15.0. The van der Waals surface area contributed by atoms with Crippen molar-refractivity contribution in [1.82, 2.24) is 5.32 Å². The lowest BCUT2D eigenvalue weighted by Crippen LogP contribution is -2.54. The Morgan fingerprint density at radius 2 is 2.03 bits per heavy atom. The van der Waals surface area contributed by atoms with Gasteiger partial charge < -0.3 is 24.3 Å². The number of rotatable bonds is 7. The maximum absolute atomic E-state index is 12.3. The molecule has 5 atom stereocenters. The summed E-state index contributed by atoms with van der Waals surface area (Å²) in [6.07, 6.45) is 5.18. The zero-order chi connectivity index (χ0) is 22.0. The number of alkyl carbamates (subject to hydrolysis) is 1. The summed E-state index contributed by atoms with van der Waals surface area (Å²) in [6, 6.07) is 6.08. The molecule has 1 N–H and O–H groups in total. The molecule has 1 aromatic carbocycles. The van der Waals surface area contributed by atoms with E-state index in [0.29, 0.717) is 25.7 Å². The van der Waals surface area contributed by atoms with Crippen molar-refractivity contribution in [2.24, 2.45) is 23.2 Å². The SMILES string of the molecule is CCCCCNC(=O)OC[C@@]12CO[C@@H](c3ccc4c(c3)OCO4)[C@H](C(C)=C[C@@H]1C)[C@H]2C. The Labute approximate surface area is 185 Å². The number of fused-ring (bicyclic) bond motifs is 3. The summed E-state index contributed by atoms with van der Waals surface area (Å²) in [4.78, 5) is 12.3. The van der Waals surface area contributed by atoms with E-state index in [1.165, 1.54) is 5.57 Å². The molecule has 6 heteroatoms. The molecule has 0 radical (unpaired) electrons. The maximum Gasteiger partial charge on any atom is 0.407 e. The zero-order valence-electron chi connectivity index (χ0n) is 19.1. The molecule has 2 heterocycles. The van der Waals surface area contributed by atoms with Crippen LogP contribution in [0.4, 0.5) is 4.79 Å². The molecule has 170 valence electrons. The Morgan fingerprint density at radius 1 is 1.23 bits per heavy atom. The molecule has 1 aromatic rings. The van der Waals surface area contributed by atoms with E-state index in [4.69, 9.17) is 18.9 Å². The van der Waals surface area contributed by atoms with Crippen molar-refractivity contribution in [2.75, 3.05) is 26.6 Å². The number of benzene rings is 1. The number of hydrogen-bond acceptors (Lipinski definition) is 5. The van der Waals surface area contributed by atoms with Crippen molar-refractivity contribution >= 4 is 6.09 Å². The summed E-state index contributed by atoms with van der Waals surface area (Å²) in [5.74, 6) is 2.36. The summed E-state index contributed by atoms with van der Waals surface area (Å²) in [5.41, 5.74) is 2.21. The Hall–Kier alpha value is -2.21.